The van der Waals surface area contributed by atoms with Crippen LogP contribution in [0.15, 0.2) is 12.2 Å². The summed E-state index contributed by atoms with van der Waals surface area (Å²) < 4.78 is 0. The minimum absolute atomic E-state index is 0.143. The van der Waals surface area contributed by atoms with Gasteiger partial charge in [0.1, 0.15) is 0 Å². The van der Waals surface area contributed by atoms with Crippen LogP contribution in [0, 0.1) is 0 Å². The van der Waals surface area contributed by atoms with Gasteiger partial charge in [0.2, 0.25) is 11.8 Å². The van der Waals surface area contributed by atoms with Gasteiger partial charge in [0.05, 0.1) is 0 Å². The molecule has 0 aromatic carbocycles. The molecule has 4 nitrogen and oxygen atoms in total. The van der Waals surface area contributed by atoms with E-state index in [0.717, 1.165) is 25.7 Å². The van der Waals surface area contributed by atoms with Crippen LogP contribution in [-0.4, -0.2) is 23.9 Å². The highest BCUT2D eigenvalue weighted by atomic mass is 16.2. The maximum absolute atomic E-state index is 11.7. The molecule has 2 N–H and O–H groups in total. The summed E-state index contributed by atoms with van der Waals surface area (Å²) in [6, 6.07) is 0.588. The van der Waals surface area contributed by atoms with Gasteiger partial charge in [0.25, 0.3) is 0 Å². The van der Waals surface area contributed by atoms with E-state index in [2.05, 4.69) is 10.6 Å². The van der Waals surface area contributed by atoms with Gasteiger partial charge in [-0.05, 0) is 25.7 Å². The molecule has 4 heteroatoms. The van der Waals surface area contributed by atoms with E-state index in [9.17, 15) is 9.59 Å². The molecule has 20 heavy (non-hydrogen) atoms. The van der Waals surface area contributed by atoms with Crippen LogP contribution < -0.4 is 10.6 Å². The Labute approximate surface area is 121 Å². The molecule has 0 bridgehead atoms. The first-order valence-corrected chi connectivity index (χ1v) is 8.03. The normalized spacial score (nSPS) is 21.8. The monoisotopic (exact) mass is 278 g/mol. The minimum atomic E-state index is -0.143. The minimum Gasteiger partial charge on any atom is -0.350 e. The van der Waals surface area contributed by atoms with Gasteiger partial charge in [-0.1, -0.05) is 38.5 Å². The zero-order chi connectivity index (χ0) is 14.2. The fourth-order valence-corrected chi connectivity index (χ4v) is 3.14. The van der Waals surface area contributed by atoms with Crippen LogP contribution in [0.3, 0.4) is 0 Å². The first kappa shape index (κ1) is 15.1. The van der Waals surface area contributed by atoms with Gasteiger partial charge in [-0.15, -0.1) is 0 Å². The predicted molar refractivity (Wildman–Crippen MR) is 79.2 cm³/mol. The Morgan fingerprint density at radius 1 is 0.650 bits per heavy atom. The lowest BCUT2D eigenvalue weighted by Crippen LogP contribution is -2.36. The maximum atomic E-state index is 11.7. The van der Waals surface area contributed by atoms with Crippen molar-refractivity contribution in [1.29, 1.82) is 0 Å². The molecule has 0 aliphatic heterocycles. The van der Waals surface area contributed by atoms with E-state index in [0.29, 0.717) is 12.1 Å². The fraction of sp³-hybridized carbons (Fsp3) is 0.750. The molecule has 2 rings (SSSR count). The Morgan fingerprint density at radius 3 is 1.35 bits per heavy atom. The zero-order valence-electron chi connectivity index (χ0n) is 12.2. The molecule has 0 heterocycles. The highest BCUT2D eigenvalue weighted by Crippen LogP contribution is 2.18. The van der Waals surface area contributed by atoms with Crippen molar-refractivity contribution in [3.05, 3.63) is 12.2 Å². The molecule has 0 spiro atoms. The second kappa shape index (κ2) is 8.08. The Hall–Kier alpha value is -1.32. The Kier molecular flexibility index (Phi) is 6.09. The molecule has 2 aliphatic rings. The third-order valence-electron chi connectivity index (χ3n) is 4.29. The van der Waals surface area contributed by atoms with E-state index in [1.165, 1.54) is 50.7 Å². The van der Waals surface area contributed by atoms with Crippen molar-refractivity contribution in [1.82, 2.24) is 10.6 Å². The highest BCUT2D eigenvalue weighted by molar-refractivity contribution is 5.96. The topological polar surface area (TPSA) is 58.2 Å². The number of carbonyl (C=O) groups is 2. The quantitative estimate of drug-likeness (QED) is 0.776. The summed E-state index contributed by atoms with van der Waals surface area (Å²) in [6.45, 7) is 0. The summed E-state index contributed by atoms with van der Waals surface area (Å²) in [5.74, 6) is -0.286. The molecular formula is C16H26N2O2. The molecule has 0 saturated heterocycles. The summed E-state index contributed by atoms with van der Waals surface area (Å²) in [5, 5.41) is 5.94. The van der Waals surface area contributed by atoms with Crippen molar-refractivity contribution in [3.8, 4) is 0 Å². The van der Waals surface area contributed by atoms with Crippen LogP contribution in [0.1, 0.15) is 64.2 Å². The Balaban J connectivity index is 1.67. The van der Waals surface area contributed by atoms with E-state index in [-0.39, 0.29) is 11.8 Å². The molecular weight excluding hydrogens is 252 g/mol. The van der Waals surface area contributed by atoms with Crippen molar-refractivity contribution in [2.45, 2.75) is 76.3 Å². The van der Waals surface area contributed by atoms with Gasteiger partial charge in [-0.3, -0.25) is 9.59 Å². The first-order chi connectivity index (χ1) is 9.74. The number of hydrogen-bond acceptors (Lipinski definition) is 2. The second-order valence-electron chi connectivity index (χ2n) is 6.02. The van der Waals surface area contributed by atoms with Gasteiger partial charge < -0.3 is 10.6 Å². The summed E-state index contributed by atoms with van der Waals surface area (Å²) in [6.07, 6.45) is 14.3. The highest BCUT2D eigenvalue weighted by Gasteiger charge is 2.16. The molecule has 0 aromatic heterocycles. The molecule has 2 fully saturated rings. The number of hydrogen-bond donors (Lipinski definition) is 2. The summed E-state index contributed by atoms with van der Waals surface area (Å²) in [5.41, 5.74) is 0. The molecule has 0 atom stereocenters. The smallest absolute Gasteiger partial charge is 0.244 e. The maximum Gasteiger partial charge on any atom is 0.244 e. The third-order valence-corrected chi connectivity index (χ3v) is 4.29. The van der Waals surface area contributed by atoms with Gasteiger partial charge in [0.15, 0.2) is 0 Å². The van der Waals surface area contributed by atoms with Crippen LogP contribution in [0.25, 0.3) is 0 Å². The van der Waals surface area contributed by atoms with E-state index in [1.54, 1.807) is 0 Å². The SMILES string of the molecule is O=C(C=CC(=O)NC1CCCCC1)NC1CCCCC1. The van der Waals surface area contributed by atoms with Crippen LogP contribution in [0.4, 0.5) is 0 Å². The molecule has 2 saturated carbocycles. The Morgan fingerprint density at radius 2 is 1.00 bits per heavy atom. The lowest BCUT2D eigenvalue weighted by Gasteiger charge is -2.22. The van der Waals surface area contributed by atoms with Gasteiger partial charge in [-0.2, -0.15) is 0 Å². The largest absolute Gasteiger partial charge is 0.350 e. The molecule has 2 amide bonds. The lowest BCUT2D eigenvalue weighted by atomic mass is 9.95. The Bertz CT molecular complexity index is 319. The van der Waals surface area contributed by atoms with Gasteiger partial charge >= 0.3 is 0 Å². The van der Waals surface area contributed by atoms with Crippen LogP contribution in [0.2, 0.25) is 0 Å². The van der Waals surface area contributed by atoms with Crippen molar-refractivity contribution in [2.24, 2.45) is 0 Å². The molecule has 0 aromatic rings. The van der Waals surface area contributed by atoms with Gasteiger partial charge in [0, 0.05) is 24.2 Å². The summed E-state index contributed by atoms with van der Waals surface area (Å²) >= 11 is 0. The number of nitrogens with one attached hydrogen (secondary N) is 2. The average Bonchev–Trinajstić information content (AvgIpc) is 2.47. The predicted octanol–water partition coefficient (Wildman–Crippen LogP) is 2.44. The first-order valence-electron chi connectivity index (χ1n) is 8.03. The van der Waals surface area contributed by atoms with Gasteiger partial charge in [-0.25, -0.2) is 0 Å². The third kappa shape index (κ3) is 5.35. The van der Waals surface area contributed by atoms with E-state index >= 15 is 0 Å². The van der Waals surface area contributed by atoms with Crippen LogP contribution in [-0.2, 0) is 9.59 Å². The average molecular weight is 278 g/mol. The standard InChI is InChI=1S/C16H26N2O2/c19-15(17-13-7-3-1-4-8-13)11-12-16(20)18-14-9-5-2-6-10-14/h11-14H,1-10H2,(H,17,19)(H,18,20). The molecule has 2 aliphatic carbocycles. The van der Waals surface area contributed by atoms with Crippen molar-refractivity contribution >= 4 is 11.8 Å². The fourth-order valence-electron chi connectivity index (χ4n) is 3.14. The van der Waals surface area contributed by atoms with Crippen LogP contribution in [0.5, 0.6) is 0 Å². The second-order valence-corrected chi connectivity index (χ2v) is 6.02. The van der Waals surface area contributed by atoms with E-state index < -0.39 is 0 Å². The molecule has 112 valence electrons. The number of rotatable bonds is 4. The lowest BCUT2D eigenvalue weighted by molar-refractivity contribution is -0.119. The summed E-state index contributed by atoms with van der Waals surface area (Å²) in [7, 11) is 0. The number of amides is 2. The molecule has 0 radical (unpaired) electrons. The van der Waals surface area contributed by atoms with Crippen molar-refractivity contribution < 1.29 is 9.59 Å². The van der Waals surface area contributed by atoms with Crippen molar-refractivity contribution in [2.75, 3.05) is 0 Å². The summed E-state index contributed by atoms with van der Waals surface area (Å²) in [4.78, 5) is 23.5. The van der Waals surface area contributed by atoms with E-state index in [4.69, 9.17) is 0 Å². The van der Waals surface area contributed by atoms with E-state index in [1.807, 2.05) is 0 Å². The zero-order valence-corrected chi connectivity index (χ0v) is 12.2. The van der Waals surface area contributed by atoms with Crippen LogP contribution >= 0.6 is 0 Å². The molecule has 0 unspecified atom stereocenters. The number of carbonyl (C=O) groups excluding carboxylic acids is 2. The van der Waals surface area contributed by atoms with Crippen molar-refractivity contribution in [3.63, 3.8) is 0 Å².